The van der Waals surface area contributed by atoms with Crippen LogP contribution in [0.1, 0.15) is 28.1 Å². The van der Waals surface area contributed by atoms with Gasteiger partial charge in [-0.15, -0.1) is 0 Å². The number of likely N-dealkylation sites (N-methyl/N-ethyl adjacent to an activating group) is 1. The lowest BCUT2D eigenvalue weighted by Crippen LogP contribution is -2.32. The molecule has 24 heavy (non-hydrogen) atoms. The first kappa shape index (κ1) is 18.0. The first-order valence-electron chi connectivity index (χ1n) is 8.22. The standard InChI is InChI=1S/C19H27N3O2/c1-13-9-14(2)11-17(10-13)24-8-7-21(5)19(23)12-18-15(3)20-22(6)16(18)4/h9-11H,7-8,12H2,1-6H3. The zero-order valence-electron chi connectivity index (χ0n) is 15.5. The molecule has 5 nitrogen and oxygen atoms in total. The van der Waals surface area contributed by atoms with Crippen LogP contribution < -0.4 is 4.74 Å². The van der Waals surface area contributed by atoms with E-state index in [1.54, 1.807) is 4.90 Å². The van der Waals surface area contributed by atoms with Gasteiger partial charge in [0.1, 0.15) is 12.4 Å². The highest BCUT2D eigenvalue weighted by Gasteiger charge is 2.16. The van der Waals surface area contributed by atoms with Crippen LogP contribution in [0.4, 0.5) is 0 Å². The predicted molar refractivity (Wildman–Crippen MR) is 95.4 cm³/mol. The predicted octanol–water partition coefficient (Wildman–Crippen LogP) is 2.73. The molecule has 5 heteroatoms. The summed E-state index contributed by atoms with van der Waals surface area (Å²) in [6.07, 6.45) is 0.381. The minimum absolute atomic E-state index is 0.0817. The molecular formula is C19H27N3O2. The molecule has 0 bridgehead atoms. The lowest BCUT2D eigenvalue weighted by molar-refractivity contribution is -0.129. The Hall–Kier alpha value is -2.30. The summed E-state index contributed by atoms with van der Waals surface area (Å²) in [5.41, 5.74) is 5.34. The zero-order chi connectivity index (χ0) is 17.9. The van der Waals surface area contributed by atoms with Gasteiger partial charge in [-0.2, -0.15) is 5.10 Å². The van der Waals surface area contributed by atoms with Gasteiger partial charge in [0.15, 0.2) is 0 Å². The lowest BCUT2D eigenvalue weighted by atomic mass is 10.1. The van der Waals surface area contributed by atoms with Crippen molar-refractivity contribution < 1.29 is 9.53 Å². The van der Waals surface area contributed by atoms with Gasteiger partial charge in [-0.05, 0) is 51.0 Å². The third-order valence-corrected chi connectivity index (χ3v) is 4.30. The molecule has 0 saturated carbocycles. The highest BCUT2D eigenvalue weighted by Crippen LogP contribution is 2.16. The number of carbonyl (C=O) groups is 1. The maximum absolute atomic E-state index is 12.4. The molecule has 1 aromatic heterocycles. The van der Waals surface area contributed by atoms with E-state index in [9.17, 15) is 4.79 Å². The molecule has 0 aliphatic heterocycles. The molecule has 2 aromatic rings. The van der Waals surface area contributed by atoms with Crippen molar-refractivity contribution in [3.63, 3.8) is 0 Å². The maximum atomic E-state index is 12.4. The van der Waals surface area contributed by atoms with E-state index < -0.39 is 0 Å². The molecule has 0 atom stereocenters. The van der Waals surface area contributed by atoms with Crippen molar-refractivity contribution in [1.29, 1.82) is 0 Å². The van der Waals surface area contributed by atoms with E-state index in [0.717, 1.165) is 22.7 Å². The number of hydrogen-bond donors (Lipinski definition) is 0. The minimum atomic E-state index is 0.0817. The van der Waals surface area contributed by atoms with Gasteiger partial charge in [-0.1, -0.05) is 6.07 Å². The molecule has 1 aromatic carbocycles. The van der Waals surface area contributed by atoms with E-state index >= 15 is 0 Å². The Kier molecular flexibility index (Phi) is 5.65. The summed E-state index contributed by atoms with van der Waals surface area (Å²) in [5.74, 6) is 0.936. The maximum Gasteiger partial charge on any atom is 0.226 e. The number of amides is 1. The third kappa shape index (κ3) is 4.37. The van der Waals surface area contributed by atoms with Crippen molar-refractivity contribution in [1.82, 2.24) is 14.7 Å². The molecule has 1 amide bonds. The summed E-state index contributed by atoms with van der Waals surface area (Å²) in [5, 5.41) is 4.36. The number of aryl methyl sites for hydroxylation is 4. The summed E-state index contributed by atoms with van der Waals surface area (Å²) in [4.78, 5) is 14.1. The number of nitrogens with zero attached hydrogens (tertiary/aromatic N) is 3. The average molecular weight is 329 g/mol. The topological polar surface area (TPSA) is 47.4 Å². The Labute approximate surface area is 144 Å². The number of hydrogen-bond acceptors (Lipinski definition) is 3. The molecule has 1 heterocycles. The van der Waals surface area contributed by atoms with Crippen LogP contribution in [0.25, 0.3) is 0 Å². The first-order valence-corrected chi connectivity index (χ1v) is 8.22. The van der Waals surface area contributed by atoms with Crippen molar-refractivity contribution in [3.05, 3.63) is 46.3 Å². The fourth-order valence-electron chi connectivity index (χ4n) is 2.80. The summed E-state index contributed by atoms with van der Waals surface area (Å²) < 4.78 is 7.60. The summed E-state index contributed by atoms with van der Waals surface area (Å²) >= 11 is 0. The monoisotopic (exact) mass is 329 g/mol. The van der Waals surface area contributed by atoms with Gasteiger partial charge in [-0.3, -0.25) is 9.48 Å². The van der Waals surface area contributed by atoms with Crippen LogP contribution in [0, 0.1) is 27.7 Å². The van der Waals surface area contributed by atoms with Gasteiger partial charge in [0.05, 0.1) is 18.7 Å². The van der Waals surface area contributed by atoms with Crippen LogP contribution in [0.15, 0.2) is 18.2 Å². The average Bonchev–Trinajstić information content (AvgIpc) is 2.72. The van der Waals surface area contributed by atoms with Crippen molar-refractivity contribution in [3.8, 4) is 5.75 Å². The zero-order valence-corrected chi connectivity index (χ0v) is 15.5. The molecule has 2 rings (SSSR count). The Morgan fingerprint density at radius 2 is 1.79 bits per heavy atom. The van der Waals surface area contributed by atoms with E-state index in [1.807, 2.05) is 58.6 Å². The van der Waals surface area contributed by atoms with Gasteiger partial charge in [0.2, 0.25) is 5.91 Å². The SMILES string of the molecule is Cc1cc(C)cc(OCCN(C)C(=O)Cc2c(C)nn(C)c2C)c1. The van der Waals surface area contributed by atoms with Gasteiger partial charge >= 0.3 is 0 Å². The van der Waals surface area contributed by atoms with Crippen LogP contribution in [-0.4, -0.2) is 40.8 Å². The third-order valence-electron chi connectivity index (χ3n) is 4.30. The van der Waals surface area contributed by atoms with Gasteiger partial charge in [0, 0.05) is 25.4 Å². The van der Waals surface area contributed by atoms with Crippen molar-refractivity contribution >= 4 is 5.91 Å². The number of rotatable bonds is 6. The fraction of sp³-hybridized carbons (Fsp3) is 0.474. The molecule has 130 valence electrons. The molecule has 0 radical (unpaired) electrons. The lowest BCUT2D eigenvalue weighted by Gasteiger charge is -2.18. The summed E-state index contributed by atoms with van der Waals surface area (Å²) in [7, 11) is 3.71. The molecule has 0 fully saturated rings. The second-order valence-corrected chi connectivity index (χ2v) is 6.44. The Morgan fingerprint density at radius 1 is 1.17 bits per heavy atom. The Bertz CT molecular complexity index is 714. The first-order chi connectivity index (χ1) is 11.3. The Morgan fingerprint density at radius 3 is 2.33 bits per heavy atom. The molecule has 0 aliphatic carbocycles. The molecule has 0 saturated heterocycles. The molecule has 0 N–H and O–H groups in total. The molecular weight excluding hydrogens is 302 g/mol. The van der Waals surface area contributed by atoms with Crippen LogP contribution in [0.3, 0.4) is 0 Å². The largest absolute Gasteiger partial charge is 0.492 e. The summed E-state index contributed by atoms with van der Waals surface area (Å²) in [6, 6.07) is 6.13. The molecule has 0 unspecified atom stereocenters. The summed E-state index contributed by atoms with van der Waals surface area (Å²) in [6.45, 7) is 9.08. The number of benzene rings is 1. The smallest absolute Gasteiger partial charge is 0.226 e. The van der Waals surface area contributed by atoms with E-state index in [0.29, 0.717) is 19.6 Å². The van der Waals surface area contributed by atoms with Crippen molar-refractivity contribution in [2.75, 3.05) is 20.2 Å². The second-order valence-electron chi connectivity index (χ2n) is 6.44. The highest BCUT2D eigenvalue weighted by molar-refractivity contribution is 5.79. The van der Waals surface area contributed by atoms with Crippen molar-refractivity contribution in [2.24, 2.45) is 7.05 Å². The number of carbonyl (C=O) groups excluding carboxylic acids is 1. The van der Waals surface area contributed by atoms with Crippen LogP contribution in [0.2, 0.25) is 0 Å². The fourth-order valence-corrected chi connectivity index (χ4v) is 2.80. The Balaban J connectivity index is 1.87. The van der Waals surface area contributed by atoms with E-state index in [1.165, 1.54) is 11.1 Å². The minimum Gasteiger partial charge on any atom is -0.492 e. The normalized spacial score (nSPS) is 10.8. The highest BCUT2D eigenvalue weighted by atomic mass is 16.5. The van der Waals surface area contributed by atoms with E-state index in [2.05, 4.69) is 11.2 Å². The number of aromatic nitrogens is 2. The quantitative estimate of drug-likeness (QED) is 0.819. The van der Waals surface area contributed by atoms with Gasteiger partial charge in [-0.25, -0.2) is 0 Å². The molecule has 0 aliphatic rings. The number of ether oxygens (including phenoxy) is 1. The second kappa shape index (κ2) is 7.51. The van der Waals surface area contributed by atoms with Crippen LogP contribution in [-0.2, 0) is 18.3 Å². The van der Waals surface area contributed by atoms with Crippen molar-refractivity contribution in [2.45, 2.75) is 34.1 Å². The van der Waals surface area contributed by atoms with E-state index in [-0.39, 0.29) is 5.91 Å². The molecule has 0 spiro atoms. The van der Waals surface area contributed by atoms with Crippen LogP contribution in [0.5, 0.6) is 5.75 Å². The van der Waals surface area contributed by atoms with Crippen LogP contribution >= 0.6 is 0 Å². The van der Waals surface area contributed by atoms with Gasteiger partial charge < -0.3 is 9.64 Å². The van der Waals surface area contributed by atoms with Gasteiger partial charge in [0.25, 0.3) is 0 Å². The van der Waals surface area contributed by atoms with E-state index in [4.69, 9.17) is 4.74 Å².